The molecular formula is C27H27N3O7. The summed E-state index contributed by atoms with van der Waals surface area (Å²) in [6.07, 6.45) is 2.61. The number of benzene rings is 2. The number of carbonyl (C=O) groups is 3. The largest absolute Gasteiger partial charge is 0.465 e. The van der Waals surface area contributed by atoms with Gasteiger partial charge in [0.1, 0.15) is 11.3 Å². The molecule has 1 atom stereocenters. The second-order valence-electron chi connectivity index (χ2n) is 8.08. The summed E-state index contributed by atoms with van der Waals surface area (Å²) in [6, 6.07) is 14.7. The number of imide groups is 2. The molecule has 0 aromatic heterocycles. The molecule has 1 saturated heterocycles. The maximum absolute atomic E-state index is 13.5. The Hall–Kier alpha value is -4.41. The molecule has 2 aliphatic rings. The van der Waals surface area contributed by atoms with Gasteiger partial charge >= 0.3 is 6.03 Å². The molecule has 0 saturated carbocycles. The Kier molecular flexibility index (Phi) is 7.71. The van der Waals surface area contributed by atoms with Gasteiger partial charge < -0.3 is 19.3 Å². The standard InChI is InChI=1S/C27H27N3O7/c1-4-28-22-13-9-10-14-23(22)36-24(28)16-19(17-35-5-2)15-21-25(31)29(18(3)37-34)27(33)30(26(21)32)20-11-7-6-8-12-20/h6-16,24,34H,3-5,17H2,1-2H3. The summed E-state index contributed by atoms with van der Waals surface area (Å²) in [5.41, 5.74) is 1.29. The predicted molar refractivity (Wildman–Crippen MR) is 136 cm³/mol. The third-order valence-corrected chi connectivity index (χ3v) is 5.85. The van der Waals surface area contributed by atoms with E-state index in [2.05, 4.69) is 11.5 Å². The Morgan fingerprint density at radius 1 is 1.05 bits per heavy atom. The molecule has 10 heteroatoms. The highest BCUT2D eigenvalue weighted by atomic mass is 17.1. The lowest BCUT2D eigenvalue weighted by atomic mass is 10.1. The van der Waals surface area contributed by atoms with Crippen LogP contribution in [0.25, 0.3) is 0 Å². The Labute approximate surface area is 214 Å². The minimum Gasteiger partial charge on any atom is -0.465 e. The highest BCUT2D eigenvalue weighted by molar-refractivity contribution is 6.38. The Morgan fingerprint density at radius 2 is 1.76 bits per heavy atom. The van der Waals surface area contributed by atoms with Crippen molar-refractivity contribution in [2.75, 3.05) is 29.6 Å². The zero-order valence-corrected chi connectivity index (χ0v) is 20.5. The first kappa shape index (κ1) is 25.7. The molecule has 4 rings (SSSR count). The normalized spacial score (nSPS) is 18.8. The maximum Gasteiger partial charge on any atom is 0.345 e. The van der Waals surface area contributed by atoms with Crippen molar-refractivity contribution < 1.29 is 34.0 Å². The number of fused-ring (bicyclic) bond motifs is 1. The average Bonchev–Trinajstić information content (AvgIpc) is 3.26. The molecule has 10 nitrogen and oxygen atoms in total. The van der Waals surface area contributed by atoms with Crippen LogP contribution in [0.3, 0.4) is 0 Å². The number of nitrogens with zero attached hydrogens (tertiary/aromatic N) is 3. The number of urea groups is 1. The van der Waals surface area contributed by atoms with E-state index in [9.17, 15) is 14.4 Å². The van der Waals surface area contributed by atoms with Crippen LogP contribution in [0, 0.1) is 0 Å². The van der Waals surface area contributed by atoms with Crippen LogP contribution in [-0.2, 0) is 19.2 Å². The van der Waals surface area contributed by atoms with Crippen molar-refractivity contribution in [3.8, 4) is 5.75 Å². The fourth-order valence-electron chi connectivity index (χ4n) is 4.12. The van der Waals surface area contributed by atoms with Crippen molar-refractivity contribution in [1.82, 2.24) is 4.90 Å². The highest BCUT2D eigenvalue weighted by Crippen LogP contribution is 2.37. The van der Waals surface area contributed by atoms with Gasteiger partial charge in [0.05, 0.1) is 18.0 Å². The lowest BCUT2D eigenvalue weighted by molar-refractivity contribution is -0.219. The van der Waals surface area contributed by atoms with Crippen molar-refractivity contribution in [1.29, 1.82) is 0 Å². The Balaban J connectivity index is 1.78. The van der Waals surface area contributed by atoms with Gasteiger partial charge in [-0.1, -0.05) is 30.3 Å². The molecule has 0 aliphatic carbocycles. The van der Waals surface area contributed by atoms with Crippen molar-refractivity contribution in [2.24, 2.45) is 0 Å². The lowest BCUT2D eigenvalue weighted by Crippen LogP contribution is -2.56. The number of rotatable bonds is 9. The van der Waals surface area contributed by atoms with Crippen LogP contribution in [0.15, 0.2) is 90.4 Å². The minimum absolute atomic E-state index is 0.0745. The van der Waals surface area contributed by atoms with Crippen molar-refractivity contribution >= 4 is 29.2 Å². The number of anilines is 2. The SMILES string of the molecule is C=C(OO)N1C(=O)C(=CC(=CC2Oc3ccccc3N2CC)COCC)C(=O)N(c2ccccc2)C1=O. The fraction of sp³-hybridized carbons (Fsp3) is 0.222. The second kappa shape index (κ2) is 11.1. The molecule has 37 heavy (non-hydrogen) atoms. The highest BCUT2D eigenvalue weighted by Gasteiger charge is 2.45. The van der Waals surface area contributed by atoms with Crippen molar-refractivity contribution in [2.45, 2.75) is 20.1 Å². The molecule has 2 aromatic carbocycles. The first-order valence-corrected chi connectivity index (χ1v) is 11.7. The third-order valence-electron chi connectivity index (χ3n) is 5.85. The lowest BCUT2D eigenvalue weighted by Gasteiger charge is -2.33. The number of hydrogen-bond acceptors (Lipinski definition) is 8. The van der Waals surface area contributed by atoms with E-state index < -0.39 is 30.0 Å². The summed E-state index contributed by atoms with van der Waals surface area (Å²) in [7, 11) is 0. The number of para-hydroxylation sites is 3. The van der Waals surface area contributed by atoms with Gasteiger partial charge in [-0.25, -0.2) is 15.0 Å². The van der Waals surface area contributed by atoms with Gasteiger partial charge in [-0.05, 0) is 62.4 Å². The van der Waals surface area contributed by atoms with E-state index in [-0.39, 0.29) is 17.9 Å². The van der Waals surface area contributed by atoms with Gasteiger partial charge in [0.15, 0.2) is 6.23 Å². The van der Waals surface area contributed by atoms with Crippen molar-refractivity contribution in [3.63, 3.8) is 0 Å². The number of ether oxygens (including phenoxy) is 2. The molecule has 0 radical (unpaired) electrons. The van der Waals surface area contributed by atoms with E-state index in [4.69, 9.17) is 14.7 Å². The summed E-state index contributed by atoms with van der Waals surface area (Å²) in [6.45, 7) is 8.34. The molecule has 2 aromatic rings. The molecule has 1 fully saturated rings. The predicted octanol–water partition coefficient (Wildman–Crippen LogP) is 4.08. The topological polar surface area (TPSA) is 109 Å². The van der Waals surface area contributed by atoms with Crippen LogP contribution in [0.4, 0.5) is 16.2 Å². The van der Waals surface area contributed by atoms with E-state index in [0.29, 0.717) is 29.4 Å². The molecular weight excluding hydrogens is 478 g/mol. The number of barbiturate groups is 1. The van der Waals surface area contributed by atoms with E-state index in [1.54, 1.807) is 36.4 Å². The van der Waals surface area contributed by atoms with Gasteiger partial charge in [0.2, 0.25) is 5.88 Å². The summed E-state index contributed by atoms with van der Waals surface area (Å²) < 4.78 is 11.7. The average molecular weight is 506 g/mol. The summed E-state index contributed by atoms with van der Waals surface area (Å²) >= 11 is 0. The summed E-state index contributed by atoms with van der Waals surface area (Å²) in [4.78, 5) is 47.3. The fourth-order valence-corrected chi connectivity index (χ4v) is 4.12. The number of hydrogen-bond donors (Lipinski definition) is 1. The van der Waals surface area contributed by atoms with Crippen LogP contribution in [0.1, 0.15) is 13.8 Å². The smallest absolute Gasteiger partial charge is 0.345 e. The zero-order chi connectivity index (χ0) is 26.5. The van der Waals surface area contributed by atoms with E-state index >= 15 is 0 Å². The van der Waals surface area contributed by atoms with Crippen LogP contribution in [0.2, 0.25) is 0 Å². The van der Waals surface area contributed by atoms with Crippen LogP contribution >= 0.6 is 0 Å². The summed E-state index contributed by atoms with van der Waals surface area (Å²) in [5.74, 6) is -1.76. The van der Waals surface area contributed by atoms with Gasteiger partial charge in [-0.2, -0.15) is 4.90 Å². The molecule has 192 valence electrons. The molecule has 0 spiro atoms. The molecule has 2 aliphatic heterocycles. The molecule has 2 heterocycles. The molecule has 0 bridgehead atoms. The minimum atomic E-state index is -1.03. The van der Waals surface area contributed by atoms with Gasteiger partial charge in [0.25, 0.3) is 11.8 Å². The monoisotopic (exact) mass is 505 g/mol. The quantitative estimate of drug-likeness (QED) is 0.179. The van der Waals surface area contributed by atoms with E-state index in [0.717, 1.165) is 10.6 Å². The molecule has 4 amide bonds. The van der Waals surface area contributed by atoms with Crippen LogP contribution in [-0.4, -0.2) is 54.0 Å². The van der Waals surface area contributed by atoms with Gasteiger partial charge in [0, 0.05) is 13.2 Å². The first-order chi connectivity index (χ1) is 17.9. The molecule has 1 unspecified atom stereocenters. The Bertz CT molecular complexity index is 1270. The maximum atomic E-state index is 13.5. The third kappa shape index (κ3) is 4.97. The first-order valence-electron chi connectivity index (χ1n) is 11.7. The zero-order valence-electron chi connectivity index (χ0n) is 20.5. The van der Waals surface area contributed by atoms with Gasteiger partial charge in [-0.3, -0.25) is 9.59 Å². The number of carbonyl (C=O) groups excluding carboxylic acids is 3. The number of likely N-dealkylation sites (N-methyl/N-ethyl adjacent to an activating group) is 1. The van der Waals surface area contributed by atoms with Crippen LogP contribution in [0.5, 0.6) is 5.75 Å². The van der Waals surface area contributed by atoms with Crippen LogP contribution < -0.4 is 14.5 Å². The van der Waals surface area contributed by atoms with E-state index in [1.807, 2.05) is 43.0 Å². The van der Waals surface area contributed by atoms with Crippen molar-refractivity contribution in [3.05, 3.63) is 90.4 Å². The summed E-state index contributed by atoms with van der Waals surface area (Å²) in [5, 5.41) is 9.14. The van der Waals surface area contributed by atoms with Gasteiger partial charge in [-0.15, -0.1) is 0 Å². The molecule has 1 N–H and O–H groups in total. The number of amides is 4. The Morgan fingerprint density at radius 3 is 2.43 bits per heavy atom. The second-order valence-corrected chi connectivity index (χ2v) is 8.08. The van der Waals surface area contributed by atoms with E-state index in [1.165, 1.54) is 6.08 Å².